The van der Waals surface area contributed by atoms with E-state index >= 15 is 0 Å². The number of nitrogens with zero attached hydrogens (tertiary/aromatic N) is 1. The van der Waals surface area contributed by atoms with Crippen LogP contribution in [0, 0.1) is 0 Å². The van der Waals surface area contributed by atoms with E-state index in [0.717, 1.165) is 33.7 Å². The number of ether oxygens (including phenoxy) is 1. The maximum absolute atomic E-state index is 13.2. The zero-order chi connectivity index (χ0) is 24.4. The SMILES string of the molecule is O=C1S/C(=C/c2c(OCc3ccccc3)ccc3ccccc23)C(=O)N1Cc1ccc(Cl)cc1Cl. The van der Waals surface area contributed by atoms with Crippen molar-refractivity contribution in [2.24, 2.45) is 0 Å². The van der Waals surface area contributed by atoms with Crippen molar-refractivity contribution in [1.82, 2.24) is 4.90 Å². The number of thioether (sulfide) groups is 1. The van der Waals surface area contributed by atoms with E-state index in [-0.39, 0.29) is 17.7 Å². The highest BCUT2D eigenvalue weighted by molar-refractivity contribution is 8.18. The molecule has 1 saturated heterocycles. The molecule has 0 N–H and O–H groups in total. The molecule has 0 aliphatic carbocycles. The van der Waals surface area contributed by atoms with E-state index in [1.54, 1.807) is 24.3 Å². The van der Waals surface area contributed by atoms with Crippen molar-refractivity contribution in [3.8, 4) is 5.75 Å². The second kappa shape index (κ2) is 10.2. The van der Waals surface area contributed by atoms with Gasteiger partial charge in [0.1, 0.15) is 12.4 Å². The van der Waals surface area contributed by atoms with Gasteiger partial charge in [0, 0.05) is 15.6 Å². The van der Waals surface area contributed by atoms with E-state index in [1.165, 1.54) is 4.90 Å². The van der Waals surface area contributed by atoms with E-state index in [2.05, 4.69) is 0 Å². The summed E-state index contributed by atoms with van der Waals surface area (Å²) in [5.41, 5.74) is 2.44. The molecule has 5 rings (SSSR count). The number of benzene rings is 4. The zero-order valence-corrected chi connectivity index (χ0v) is 20.7. The Morgan fingerprint density at radius 2 is 1.66 bits per heavy atom. The van der Waals surface area contributed by atoms with Crippen molar-refractivity contribution in [1.29, 1.82) is 0 Å². The Balaban J connectivity index is 1.48. The number of carbonyl (C=O) groups is 2. The molecule has 0 unspecified atom stereocenters. The predicted molar refractivity (Wildman–Crippen MR) is 143 cm³/mol. The largest absolute Gasteiger partial charge is 0.488 e. The van der Waals surface area contributed by atoms with Crippen LogP contribution in [0.15, 0.2) is 89.8 Å². The quantitative estimate of drug-likeness (QED) is 0.242. The summed E-state index contributed by atoms with van der Waals surface area (Å²) in [5.74, 6) is 0.271. The summed E-state index contributed by atoms with van der Waals surface area (Å²) >= 11 is 13.2. The lowest BCUT2D eigenvalue weighted by Crippen LogP contribution is -2.27. The molecule has 7 heteroatoms. The molecule has 1 aliphatic rings. The van der Waals surface area contributed by atoms with Gasteiger partial charge in [-0.15, -0.1) is 0 Å². The van der Waals surface area contributed by atoms with Gasteiger partial charge in [-0.2, -0.15) is 0 Å². The average Bonchev–Trinajstić information content (AvgIpc) is 3.13. The molecule has 4 aromatic rings. The first-order valence-electron chi connectivity index (χ1n) is 10.9. The summed E-state index contributed by atoms with van der Waals surface area (Å²) in [4.78, 5) is 27.5. The minimum Gasteiger partial charge on any atom is -0.488 e. The first-order chi connectivity index (χ1) is 17.0. The number of imide groups is 1. The van der Waals surface area contributed by atoms with Crippen LogP contribution in [0.1, 0.15) is 16.7 Å². The predicted octanol–water partition coefficient (Wildman–Crippen LogP) is 7.96. The number of amides is 2. The first-order valence-corrected chi connectivity index (χ1v) is 12.4. The average molecular weight is 520 g/mol. The van der Waals surface area contributed by atoms with Gasteiger partial charge in [0.2, 0.25) is 0 Å². The minimum absolute atomic E-state index is 0.0743. The Morgan fingerprint density at radius 1 is 0.886 bits per heavy atom. The van der Waals surface area contributed by atoms with Crippen LogP contribution in [0.25, 0.3) is 16.8 Å². The van der Waals surface area contributed by atoms with Gasteiger partial charge in [-0.25, -0.2) is 0 Å². The third-order valence-corrected chi connectivity index (χ3v) is 7.15. The number of rotatable bonds is 6. The Kier molecular flexibility index (Phi) is 6.82. The third kappa shape index (κ3) is 5.08. The fourth-order valence-corrected chi connectivity index (χ4v) is 5.16. The molecule has 4 aromatic carbocycles. The highest BCUT2D eigenvalue weighted by atomic mass is 35.5. The molecule has 4 nitrogen and oxygen atoms in total. The number of fused-ring (bicyclic) bond motifs is 1. The van der Waals surface area contributed by atoms with Gasteiger partial charge in [0.25, 0.3) is 11.1 Å². The lowest BCUT2D eigenvalue weighted by atomic mass is 10.0. The van der Waals surface area contributed by atoms with E-state index < -0.39 is 0 Å². The molecule has 1 aliphatic heterocycles. The first kappa shape index (κ1) is 23.5. The number of hydrogen-bond donors (Lipinski definition) is 0. The van der Waals surface area contributed by atoms with E-state index in [4.69, 9.17) is 27.9 Å². The highest BCUT2D eigenvalue weighted by Crippen LogP contribution is 2.38. The van der Waals surface area contributed by atoms with Crippen LogP contribution in [0.2, 0.25) is 10.0 Å². The molecule has 0 aromatic heterocycles. The van der Waals surface area contributed by atoms with E-state index in [0.29, 0.717) is 32.9 Å². The molecule has 1 heterocycles. The molecule has 0 bridgehead atoms. The molecule has 0 atom stereocenters. The fraction of sp³-hybridized carbons (Fsp3) is 0.0714. The number of carbonyl (C=O) groups excluding carboxylic acids is 2. The summed E-state index contributed by atoms with van der Waals surface area (Å²) in [5, 5.41) is 2.50. The van der Waals surface area contributed by atoms with Gasteiger partial charge >= 0.3 is 0 Å². The molecule has 0 saturated carbocycles. The number of halogens is 2. The lowest BCUT2D eigenvalue weighted by Gasteiger charge is -2.14. The standard InChI is InChI=1S/C28H19Cl2NO3S/c29-21-12-10-20(24(30)14-21)16-31-27(32)26(35-28(31)33)15-23-22-9-5-4-8-19(22)11-13-25(23)34-17-18-6-2-1-3-7-18/h1-15H,16-17H2/b26-15+. The van der Waals surface area contributed by atoms with Crippen molar-refractivity contribution >= 4 is 63.0 Å². The van der Waals surface area contributed by atoms with Crippen molar-refractivity contribution in [2.45, 2.75) is 13.2 Å². The Morgan fingerprint density at radius 3 is 2.46 bits per heavy atom. The Labute approximate surface area is 217 Å². The molecular formula is C28H19Cl2NO3S. The molecule has 2 amide bonds. The van der Waals surface area contributed by atoms with Gasteiger partial charge in [0.15, 0.2) is 0 Å². The monoisotopic (exact) mass is 519 g/mol. The van der Waals surface area contributed by atoms with Gasteiger partial charge < -0.3 is 4.74 Å². The van der Waals surface area contributed by atoms with Crippen LogP contribution in [0.4, 0.5) is 4.79 Å². The lowest BCUT2D eigenvalue weighted by molar-refractivity contribution is -0.123. The van der Waals surface area contributed by atoms with E-state index in [1.807, 2.05) is 66.7 Å². The van der Waals surface area contributed by atoms with Crippen molar-refractivity contribution < 1.29 is 14.3 Å². The summed E-state index contributed by atoms with van der Waals surface area (Å²) in [6, 6.07) is 26.6. The third-order valence-electron chi connectivity index (χ3n) is 5.66. The zero-order valence-electron chi connectivity index (χ0n) is 18.4. The summed E-state index contributed by atoms with van der Waals surface area (Å²) in [6.07, 6.45) is 1.75. The normalized spacial score (nSPS) is 14.8. The maximum atomic E-state index is 13.2. The summed E-state index contributed by atoms with van der Waals surface area (Å²) in [6.45, 7) is 0.460. The van der Waals surface area contributed by atoms with Crippen LogP contribution < -0.4 is 4.74 Å². The van der Waals surface area contributed by atoms with Gasteiger partial charge in [-0.3, -0.25) is 14.5 Å². The number of hydrogen-bond acceptors (Lipinski definition) is 4. The molecule has 35 heavy (non-hydrogen) atoms. The molecule has 0 radical (unpaired) electrons. The summed E-state index contributed by atoms with van der Waals surface area (Å²) < 4.78 is 6.16. The molecular weight excluding hydrogens is 501 g/mol. The van der Waals surface area contributed by atoms with E-state index in [9.17, 15) is 9.59 Å². The Bertz CT molecular complexity index is 1470. The fourth-order valence-electron chi connectivity index (χ4n) is 3.87. The van der Waals surface area contributed by atoms with Crippen LogP contribution in [-0.4, -0.2) is 16.0 Å². The minimum atomic E-state index is -0.368. The van der Waals surface area contributed by atoms with Crippen molar-refractivity contribution in [3.05, 3.63) is 117 Å². The van der Waals surface area contributed by atoms with Crippen LogP contribution in [0.3, 0.4) is 0 Å². The second-order valence-corrected chi connectivity index (χ2v) is 9.81. The smallest absolute Gasteiger partial charge is 0.293 e. The van der Waals surface area contributed by atoms with Gasteiger partial charge in [0.05, 0.1) is 11.4 Å². The summed E-state index contributed by atoms with van der Waals surface area (Å²) in [7, 11) is 0. The van der Waals surface area contributed by atoms with Crippen molar-refractivity contribution in [3.63, 3.8) is 0 Å². The molecule has 1 fully saturated rings. The maximum Gasteiger partial charge on any atom is 0.293 e. The van der Waals surface area contributed by atoms with Gasteiger partial charge in [-0.1, -0.05) is 89.9 Å². The Hall–Kier alpha value is -3.25. The van der Waals surface area contributed by atoms with Crippen LogP contribution in [-0.2, 0) is 17.9 Å². The van der Waals surface area contributed by atoms with Gasteiger partial charge in [-0.05, 0) is 57.9 Å². The molecule has 174 valence electrons. The van der Waals surface area contributed by atoms with Crippen molar-refractivity contribution in [2.75, 3.05) is 0 Å². The van der Waals surface area contributed by atoms with Crippen LogP contribution in [0.5, 0.6) is 5.75 Å². The van der Waals surface area contributed by atoms with Crippen LogP contribution >= 0.6 is 35.0 Å². The topological polar surface area (TPSA) is 46.6 Å². The second-order valence-electron chi connectivity index (χ2n) is 7.98. The highest BCUT2D eigenvalue weighted by Gasteiger charge is 2.35. The molecule has 0 spiro atoms.